The fourth-order valence-corrected chi connectivity index (χ4v) is 2.41. The van der Waals surface area contributed by atoms with Crippen LogP contribution < -0.4 is 5.73 Å². The van der Waals surface area contributed by atoms with Crippen LogP contribution in [0.3, 0.4) is 0 Å². The summed E-state index contributed by atoms with van der Waals surface area (Å²) in [7, 11) is 0. The van der Waals surface area contributed by atoms with Crippen LogP contribution in [0, 0.1) is 12.8 Å². The predicted octanol–water partition coefficient (Wildman–Crippen LogP) is 3.07. The summed E-state index contributed by atoms with van der Waals surface area (Å²) in [6.07, 6.45) is 0. The van der Waals surface area contributed by atoms with E-state index in [-0.39, 0.29) is 0 Å². The second kappa shape index (κ2) is 5.42. The van der Waals surface area contributed by atoms with Gasteiger partial charge in [0.05, 0.1) is 0 Å². The van der Waals surface area contributed by atoms with Gasteiger partial charge in [-0.3, -0.25) is 0 Å². The highest BCUT2D eigenvalue weighted by atomic mass is 32.2. The number of hydrogen-bond donors (Lipinski definition) is 1. The Morgan fingerprint density at radius 3 is 2.43 bits per heavy atom. The van der Waals surface area contributed by atoms with E-state index in [1.807, 2.05) is 11.8 Å². The molecule has 1 aromatic carbocycles. The molecule has 0 bridgehead atoms. The molecule has 0 aliphatic carbocycles. The average Bonchev–Trinajstić information content (AvgIpc) is 2.16. The molecule has 0 aliphatic rings. The molecule has 1 unspecified atom stereocenters. The van der Waals surface area contributed by atoms with Gasteiger partial charge >= 0.3 is 0 Å². The molecule has 1 aromatic rings. The second-order valence-electron chi connectivity index (χ2n) is 3.90. The third-order valence-corrected chi connectivity index (χ3v) is 4.10. The minimum Gasteiger partial charge on any atom is -0.329 e. The van der Waals surface area contributed by atoms with Crippen LogP contribution in [-0.2, 0) is 0 Å². The summed E-state index contributed by atoms with van der Waals surface area (Å²) in [6.45, 7) is 7.35. The van der Waals surface area contributed by atoms with Crippen LogP contribution in [0.2, 0.25) is 0 Å². The topological polar surface area (TPSA) is 26.0 Å². The first-order chi connectivity index (χ1) is 6.65. The highest BCUT2D eigenvalue weighted by molar-refractivity contribution is 8.00. The summed E-state index contributed by atoms with van der Waals surface area (Å²) in [5, 5.41) is 0.524. The molecule has 0 fully saturated rings. The van der Waals surface area contributed by atoms with Gasteiger partial charge in [0.15, 0.2) is 0 Å². The maximum Gasteiger partial charge on any atom is 0.0240 e. The first kappa shape index (κ1) is 11.6. The molecule has 1 nitrogen and oxygen atoms in total. The van der Waals surface area contributed by atoms with Crippen LogP contribution in [0.5, 0.6) is 0 Å². The maximum atomic E-state index is 5.75. The summed E-state index contributed by atoms with van der Waals surface area (Å²) >= 11 is 1.90. The van der Waals surface area contributed by atoms with Crippen LogP contribution in [0.4, 0.5) is 0 Å². The molecule has 1 atom stereocenters. The summed E-state index contributed by atoms with van der Waals surface area (Å²) in [6, 6.07) is 8.48. The lowest BCUT2D eigenvalue weighted by molar-refractivity contribution is 0.613. The number of benzene rings is 1. The first-order valence-corrected chi connectivity index (χ1v) is 5.95. The fraction of sp³-hybridized carbons (Fsp3) is 0.500. The van der Waals surface area contributed by atoms with E-state index in [1.165, 1.54) is 10.5 Å². The van der Waals surface area contributed by atoms with Gasteiger partial charge in [0.25, 0.3) is 0 Å². The van der Waals surface area contributed by atoms with Crippen LogP contribution in [0.25, 0.3) is 0 Å². The summed E-state index contributed by atoms with van der Waals surface area (Å²) < 4.78 is 0. The van der Waals surface area contributed by atoms with Crippen molar-refractivity contribution in [3.63, 3.8) is 0 Å². The number of rotatable bonds is 4. The van der Waals surface area contributed by atoms with E-state index >= 15 is 0 Å². The zero-order valence-corrected chi connectivity index (χ0v) is 9.97. The normalized spacial score (nSPS) is 13.2. The highest BCUT2D eigenvalue weighted by Crippen LogP contribution is 2.29. The van der Waals surface area contributed by atoms with Gasteiger partial charge in [-0.1, -0.05) is 32.0 Å². The van der Waals surface area contributed by atoms with Gasteiger partial charge in [-0.15, -0.1) is 11.8 Å². The number of aryl methyl sites for hydroxylation is 1. The molecule has 1 rings (SSSR count). The van der Waals surface area contributed by atoms with Gasteiger partial charge in [-0.05, 0) is 24.5 Å². The van der Waals surface area contributed by atoms with E-state index in [0.29, 0.717) is 11.2 Å². The summed E-state index contributed by atoms with van der Waals surface area (Å²) in [5.74, 6) is 0.629. The van der Waals surface area contributed by atoms with Gasteiger partial charge in [-0.2, -0.15) is 0 Å². The molecule has 0 aromatic heterocycles. The summed E-state index contributed by atoms with van der Waals surface area (Å²) in [5.41, 5.74) is 7.09. The van der Waals surface area contributed by atoms with Gasteiger partial charge in [-0.25, -0.2) is 0 Å². The van der Waals surface area contributed by atoms with E-state index in [2.05, 4.69) is 45.0 Å². The van der Waals surface area contributed by atoms with Gasteiger partial charge < -0.3 is 5.73 Å². The Morgan fingerprint density at radius 2 is 1.93 bits per heavy atom. The zero-order chi connectivity index (χ0) is 10.6. The Balaban J connectivity index is 2.72. The quantitative estimate of drug-likeness (QED) is 0.771. The van der Waals surface area contributed by atoms with Crippen LogP contribution in [-0.4, -0.2) is 11.8 Å². The Bertz CT molecular complexity index is 283. The number of hydrogen-bond acceptors (Lipinski definition) is 2. The van der Waals surface area contributed by atoms with Crippen LogP contribution >= 0.6 is 11.8 Å². The molecule has 0 spiro atoms. The minimum atomic E-state index is 0.524. The van der Waals surface area contributed by atoms with Crippen LogP contribution in [0.1, 0.15) is 19.4 Å². The van der Waals surface area contributed by atoms with Crippen molar-refractivity contribution in [3.8, 4) is 0 Å². The third kappa shape index (κ3) is 3.03. The van der Waals surface area contributed by atoms with Crippen molar-refractivity contribution >= 4 is 11.8 Å². The van der Waals surface area contributed by atoms with Gasteiger partial charge in [0.2, 0.25) is 0 Å². The highest BCUT2D eigenvalue weighted by Gasteiger charge is 2.13. The number of thioether (sulfide) groups is 1. The lowest BCUT2D eigenvalue weighted by atomic mass is 10.1. The lowest BCUT2D eigenvalue weighted by Gasteiger charge is -2.19. The van der Waals surface area contributed by atoms with Crippen molar-refractivity contribution in [2.75, 3.05) is 6.54 Å². The lowest BCUT2D eigenvalue weighted by Crippen LogP contribution is -2.22. The third-order valence-electron chi connectivity index (χ3n) is 2.35. The second-order valence-corrected chi connectivity index (χ2v) is 5.18. The maximum absolute atomic E-state index is 5.75. The molecule has 0 amide bonds. The standard InChI is InChI=1S/C12H19NS/c1-9(2)12(8-13)14-11-7-5-4-6-10(11)3/h4-7,9,12H,8,13H2,1-3H3. The Morgan fingerprint density at radius 1 is 1.29 bits per heavy atom. The average molecular weight is 209 g/mol. The fourth-order valence-electron chi connectivity index (χ4n) is 1.31. The molecule has 0 heterocycles. The van der Waals surface area contributed by atoms with Crippen molar-refractivity contribution in [1.82, 2.24) is 0 Å². The predicted molar refractivity (Wildman–Crippen MR) is 64.7 cm³/mol. The van der Waals surface area contributed by atoms with E-state index in [4.69, 9.17) is 5.73 Å². The molecule has 0 saturated carbocycles. The monoisotopic (exact) mass is 209 g/mol. The molecule has 2 N–H and O–H groups in total. The minimum absolute atomic E-state index is 0.524. The van der Waals surface area contributed by atoms with E-state index in [1.54, 1.807) is 0 Å². The molecule has 14 heavy (non-hydrogen) atoms. The Hall–Kier alpha value is -0.470. The van der Waals surface area contributed by atoms with Crippen molar-refractivity contribution in [1.29, 1.82) is 0 Å². The van der Waals surface area contributed by atoms with Crippen molar-refractivity contribution < 1.29 is 0 Å². The Labute approximate surface area is 91.1 Å². The summed E-state index contributed by atoms with van der Waals surface area (Å²) in [4.78, 5) is 1.36. The first-order valence-electron chi connectivity index (χ1n) is 5.07. The van der Waals surface area contributed by atoms with E-state index in [0.717, 1.165) is 6.54 Å². The molecular formula is C12H19NS. The van der Waals surface area contributed by atoms with Crippen molar-refractivity contribution in [2.24, 2.45) is 11.7 Å². The smallest absolute Gasteiger partial charge is 0.0240 e. The van der Waals surface area contributed by atoms with E-state index < -0.39 is 0 Å². The van der Waals surface area contributed by atoms with Crippen molar-refractivity contribution in [2.45, 2.75) is 30.9 Å². The Kier molecular flexibility index (Phi) is 4.49. The van der Waals surface area contributed by atoms with Crippen molar-refractivity contribution in [3.05, 3.63) is 29.8 Å². The molecule has 0 aliphatic heterocycles. The SMILES string of the molecule is Cc1ccccc1SC(CN)C(C)C. The number of nitrogens with two attached hydrogens (primary N) is 1. The molecule has 2 heteroatoms. The zero-order valence-electron chi connectivity index (χ0n) is 9.16. The largest absolute Gasteiger partial charge is 0.329 e. The molecule has 0 saturated heterocycles. The molecule has 78 valence electrons. The van der Waals surface area contributed by atoms with Crippen LogP contribution in [0.15, 0.2) is 29.2 Å². The molecular weight excluding hydrogens is 190 g/mol. The molecule has 0 radical (unpaired) electrons. The van der Waals surface area contributed by atoms with Gasteiger partial charge in [0.1, 0.15) is 0 Å². The van der Waals surface area contributed by atoms with E-state index in [9.17, 15) is 0 Å². The van der Waals surface area contributed by atoms with Gasteiger partial charge in [0, 0.05) is 16.7 Å².